The van der Waals surface area contributed by atoms with E-state index in [4.69, 9.17) is 4.74 Å². The fourth-order valence-corrected chi connectivity index (χ4v) is 6.16. The third-order valence-electron chi connectivity index (χ3n) is 6.27. The van der Waals surface area contributed by atoms with E-state index in [1.54, 1.807) is 24.3 Å². The number of nitrogens with one attached hydrogen (secondary N) is 1. The molecule has 30 heavy (non-hydrogen) atoms. The van der Waals surface area contributed by atoms with Crippen molar-refractivity contribution in [2.45, 2.75) is 68.4 Å². The lowest BCUT2D eigenvalue weighted by Crippen LogP contribution is -2.45. The van der Waals surface area contributed by atoms with Crippen LogP contribution in [0, 0.1) is 0 Å². The molecule has 4 rings (SSSR count). The van der Waals surface area contributed by atoms with E-state index in [9.17, 15) is 8.42 Å². The molecule has 1 aliphatic carbocycles. The Bertz CT molecular complexity index is 920. The summed E-state index contributed by atoms with van der Waals surface area (Å²) in [5.41, 5.74) is 0.677. The van der Waals surface area contributed by atoms with Gasteiger partial charge in [0.05, 0.1) is 11.3 Å². The highest BCUT2D eigenvalue weighted by atomic mass is 32.2. The van der Waals surface area contributed by atoms with Crippen LogP contribution in [0.4, 0.5) is 11.5 Å². The molecule has 0 bridgehead atoms. The number of rotatable bonds is 6. The van der Waals surface area contributed by atoms with Crippen molar-refractivity contribution in [3.05, 3.63) is 48.7 Å². The predicted molar refractivity (Wildman–Crippen MR) is 119 cm³/mol. The van der Waals surface area contributed by atoms with E-state index in [0.717, 1.165) is 38.1 Å². The van der Waals surface area contributed by atoms with Crippen LogP contribution in [0.5, 0.6) is 0 Å². The van der Waals surface area contributed by atoms with E-state index in [1.807, 2.05) is 25.1 Å². The zero-order valence-corrected chi connectivity index (χ0v) is 18.4. The zero-order chi connectivity index (χ0) is 21.0. The van der Waals surface area contributed by atoms with Gasteiger partial charge in [-0.15, -0.1) is 0 Å². The van der Waals surface area contributed by atoms with Crippen molar-refractivity contribution in [2.75, 3.05) is 22.8 Å². The molecule has 2 aromatic rings. The summed E-state index contributed by atoms with van der Waals surface area (Å²) >= 11 is 0. The van der Waals surface area contributed by atoms with Gasteiger partial charge >= 0.3 is 0 Å². The van der Waals surface area contributed by atoms with Gasteiger partial charge in [-0.2, -0.15) is 0 Å². The number of benzene rings is 1. The Labute approximate surface area is 179 Å². The van der Waals surface area contributed by atoms with Gasteiger partial charge < -0.3 is 10.1 Å². The Kier molecular flexibility index (Phi) is 6.29. The molecule has 2 aliphatic rings. The number of aromatic nitrogens is 1. The quantitative estimate of drug-likeness (QED) is 0.727. The summed E-state index contributed by atoms with van der Waals surface area (Å²) in [6.07, 6.45) is 9.47. The van der Waals surface area contributed by atoms with Crippen LogP contribution in [-0.2, 0) is 14.8 Å². The monoisotopic (exact) mass is 429 g/mol. The van der Waals surface area contributed by atoms with Gasteiger partial charge in [0.1, 0.15) is 10.7 Å². The van der Waals surface area contributed by atoms with Crippen molar-refractivity contribution in [1.29, 1.82) is 0 Å². The van der Waals surface area contributed by atoms with Crippen LogP contribution >= 0.6 is 0 Å². The van der Waals surface area contributed by atoms with E-state index in [0.29, 0.717) is 18.3 Å². The number of hydrogen-bond acceptors (Lipinski definition) is 5. The van der Waals surface area contributed by atoms with Crippen molar-refractivity contribution < 1.29 is 13.2 Å². The maximum Gasteiger partial charge on any atom is 0.265 e. The minimum absolute atomic E-state index is 0.0226. The molecule has 1 atom stereocenters. The molecule has 7 heteroatoms. The van der Waals surface area contributed by atoms with E-state index < -0.39 is 10.0 Å². The van der Waals surface area contributed by atoms with Crippen LogP contribution in [0.15, 0.2) is 53.6 Å². The molecule has 1 N–H and O–H groups in total. The van der Waals surface area contributed by atoms with Gasteiger partial charge in [0.2, 0.25) is 0 Å². The second kappa shape index (κ2) is 8.94. The van der Waals surface area contributed by atoms with Crippen LogP contribution in [0.3, 0.4) is 0 Å². The number of ether oxygens (including phenoxy) is 1. The first kappa shape index (κ1) is 21.1. The van der Waals surface area contributed by atoms with Crippen molar-refractivity contribution in [3.8, 4) is 0 Å². The van der Waals surface area contributed by atoms with Crippen LogP contribution < -0.4 is 9.62 Å². The molecule has 0 amide bonds. The minimum Gasteiger partial charge on any atom is -0.375 e. The molecule has 2 heterocycles. The number of pyridine rings is 1. The average molecular weight is 430 g/mol. The Morgan fingerprint density at radius 2 is 1.90 bits per heavy atom. The summed E-state index contributed by atoms with van der Waals surface area (Å²) in [5.74, 6) is 0.717. The minimum atomic E-state index is -3.65. The number of para-hydroxylation sites is 1. The first-order chi connectivity index (χ1) is 14.5. The van der Waals surface area contributed by atoms with Crippen LogP contribution in [0.25, 0.3) is 0 Å². The first-order valence-corrected chi connectivity index (χ1v) is 12.4. The Morgan fingerprint density at radius 1 is 1.13 bits per heavy atom. The van der Waals surface area contributed by atoms with Crippen molar-refractivity contribution in [2.24, 2.45) is 0 Å². The third kappa shape index (κ3) is 4.47. The number of hydrogen-bond donors (Lipinski definition) is 1. The van der Waals surface area contributed by atoms with Crippen LogP contribution in [0.2, 0.25) is 0 Å². The molecule has 1 spiro atoms. The van der Waals surface area contributed by atoms with E-state index >= 15 is 0 Å². The molecule has 1 unspecified atom stereocenters. The first-order valence-electron chi connectivity index (χ1n) is 11.0. The summed E-state index contributed by atoms with van der Waals surface area (Å²) in [6, 6.07) is 12.9. The van der Waals surface area contributed by atoms with Crippen molar-refractivity contribution in [3.63, 3.8) is 0 Å². The van der Waals surface area contributed by atoms with Gasteiger partial charge in [0.15, 0.2) is 0 Å². The molecule has 1 aliphatic heterocycles. The summed E-state index contributed by atoms with van der Waals surface area (Å²) < 4.78 is 33.8. The van der Waals surface area contributed by atoms with E-state index in [2.05, 4.69) is 10.3 Å². The summed E-state index contributed by atoms with van der Waals surface area (Å²) in [4.78, 5) is 4.63. The summed E-state index contributed by atoms with van der Waals surface area (Å²) in [7, 11) is -3.65. The lowest BCUT2D eigenvalue weighted by Gasteiger charge is -2.43. The molecule has 1 aromatic carbocycles. The van der Waals surface area contributed by atoms with Gasteiger partial charge in [-0.25, -0.2) is 13.4 Å². The highest BCUT2D eigenvalue weighted by Crippen LogP contribution is 2.39. The van der Waals surface area contributed by atoms with Gasteiger partial charge in [-0.1, -0.05) is 37.5 Å². The third-order valence-corrected chi connectivity index (χ3v) is 8.15. The van der Waals surface area contributed by atoms with Crippen LogP contribution in [-0.4, -0.2) is 38.2 Å². The number of nitrogens with zero attached hydrogens (tertiary/aromatic N) is 2. The molecule has 1 saturated carbocycles. The normalized spacial score (nSPS) is 21.3. The lowest BCUT2D eigenvalue weighted by molar-refractivity contribution is -0.103. The van der Waals surface area contributed by atoms with E-state index in [1.165, 1.54) is 29.8 Å². The molecule has 0 radical (unpaired) electrons. The van der Waals surface area contributed by atoms with Gasteiger partial charge in [0, 0.05) is 25.4 Å². The Hall–Kier alpha value is -2.12. The molecule has 6 nitrogen and oxygen atoms in total. The average Bonchev–Trinajstić information content (AvgIpc) is 2.76. The molecule has 2 fully saturated rings. The SMILES string of the molecule is CCN(c1ccccc1)S(=O)(=O)c1ccc(NC2CCOC3(CCCCC3)C2)nc1. The van der Waals surface area contributed by atoms with Crippen LogP contribution in [0.1, 0.15) is 51.9 Å². The zero-order valence-electron chi connectivity index (χ0n) is 17.6. The van der Waals surface area contributed by atoms with Crippen molar-refractivity contribution >= 4 is 21.5 Å². The smallest absolute Gasteiger partial charge is 0.265 e. The highest BCUT2D eigenvalue weighted by Gasteiger charge is 2.38. The highest BCUT2D eigenvalue weighted by molar-refractivity contribution is 7.92. The Morgan fingerprint density at radius 3 is 2.57 bits per heavy atom. The molecule has 1 aromatic heterocycles. The summed E-state index contributed by atoms with van der Waals surface area (Å²) in [5, 5.41) is 3.51. The fourth-order valence-electron chi connectivity index (χ4n) is 4.74. The van der Waals surface area contributed by atoms with Gasteiger partial charge in [-0.05, 0) is 56.9 Å². The molecular weight excluding hydrogens is 398 g/mol. The molecular formula is C23H31N3O3S. The Balaban J connectivity index is 1.46. The molecule has 162 valence electrons. The van der Waals surface area contributed by atoms with Gasteiger partial charge in [-0.3, -0.25) is 4.31 Å². The fraction of sp³-hybridized carbons (Fsp3) is 0.522. The number of anilines is 2. The number of sulfonamides is 1. The van der Waals surface area contributed by atoms with E-state index in [-0.39, 0.29) is 10.5 Å². The largest absolute Gasteiger partial charge is 0.375 e. The second-order valence-electron chi connectivity index (χ2n) is 8.31. The predicted octanol–water partition coefficient (Wildman–Crippen LogP) is 4.59. The molecule has 1 saturated heterocycles. The summed E-state index contributed by atoms with van der Waals surface area (Å²) in [6.45, 7) is 2.96. The maximum atomic E-state index is 13.1. The maximum absolute atomic E-state index is 13.1. The van der Waals surface area contributed by atoms with Crippen molar-refractivity contribution in [1.82, 2.24) is 4.98 Å². The topological polar surface area (TPSA) is 71.5 Å². The standard InChI is InChI=1S/C23H31N3O3S/c1-2-26(20-9-5-3-6-10-20)30(27,28)21-11-12-22(24-18-21)25-19-13-16-29-23(17-19)14-7-4-8-15-23/h3,5-6,9-12,18-19H,2,4,7-8,13-17H2,1H3,(H,24,25). The van der Waals surface area contributed by atoms with Gasteiger partial charge in [0.25, 0.3) is 10.0 Å². The lowest BCUT2D eigenvalue weighted by atomic mass is 9.78. The second-order valence-corrected chi connectivity index (χ2v) is 10.2.